The van der Waals surface area contributed by atoms with Crippen molar-refractivity contribution in [3.63, 3.8) is 0 Å². The van der Waals surface area contributed by atoms with E-state index in [-0.39, 0.29) is 27.3 Å². The van der Waals surface area contributed by atoms with E-state index in [4.69, 9.17) is 0 Å². The molecule has 0 saturated heterocycles. The molecule has 0 spiro atoms. The fourth-order valence-electron chi connectivity index (χ4n) is 2.33. The van der Waals surface area contributed by atoms with Crippen LogP contribution < -0.4 is 5.32 Å². The minimum atomic E-state index is -1.08. The molecule has 2 aromatic carbocycles. The SMILES string of the molecule is Cc1cc(I)ccc1Nc1c(-c2nnn(C)c2O)cc(Br)c(F)c1F. The quantitative estimate of drug-likeness (QED) is 0.381. The predicted octanol–water partition coefficient (Wildman–Crippen LogP) is 4.89. The summed E-state index contributed by atoms with van der Waals surface area (Å²) in [6, 6.07) is 6.89. The first-order valence-corrected chi connectivity index (χ1v) is 8.96. The predicted molar refractivity (Wildman–Crippen MR) is 103 cm³/mol. The molecule has 0 radical (unpaired) electrons. The molecular formula is C16H12BrF2IN4O. The van der Waals surface area contributed by atoms with Gasteiger partial charge in [0.25, 0.3) is 0 Å². The Balaban J connectivity index is 2.20. The normalized spacial score (nSPS) is 11.0. The highest BCUT2D eigenvalue weighted by Gasteiger charge is 2.23. The van der Waals surface area contributed by atoms with Crippen LogP contribution in [0.15, 0.2) is 28.7 Å². The standard InChI is InChI=1S/C16H12BrF2IN4O/c1-7-5-8(20)3-4-11(7)21-14-9(6-10(17)12(18)13(14)19)15-16(25)24(2)23-22-15/h3-6,21,25H,1-2H3. The summed E-state index contributed by atoms with van der Waals surface area (Å²) in [5.41, 5.74) is 1.59. The van der Waals surface area contributed by atoms with Crippen molar-refractivity contribution in [1.29, 1.82) is 0 Å². The summed E-state index contributed by atoms with van der Waals surface area (Å²) in [5, 5.41) is 20.6. The topological polar surface area (TPSA) is 63.0 Å². The van der Waals surface area contributed by atoms with Gasteiger partial charge in [-0.15, -0.1) is 5.10 Å². The first kappa shape index (κ1) is 18.1. The van der Waals surface area contributed by atoms with E-state index in [0.717, 1.165) is 13.8 Å². The number of halogens is 4. The van der Waals surface area contributed by atoms with Crippen LogP contribution in [0.1, 0.15) is 5.56 Å². The zero-order valence-corrected chi connectivity index (χ0v) is 16.9. The van der Waals surface area contributed by atoms with Crippen molar-refractivity contribution in [2.45, 2.75) is 6.92 Å². The van der Waals surface area contributed by atoms with Crippen LogP contribution in [-0.4, -0.2) is 20.1 Å². The zero-order chi connectivity index (χ0) is 18.3. The summed E-state index contributed by atoms with van der Waals surface area (Å²) in [4.78, 5) is 0. The molecule has 0 fully saturated rings. The molecule has 0 aliphatic heterocycles. The van der Waals surface area contributed by atoms with E-state index in [0.29, 0.717) is 5.69 Å². The average molecular weight is 521 g/mol. The minimum absolute atomic E-state index is 0.0489. The molecule has 2 N–H and O–H groups in total. The Hall–Kier alpha value is -1.75. The Bertz CT molecular complexity index is 977. The van der Waals surface area contributed by atoms with Gasteiger partial charge in [0.2, 0.25) is 5.88 Å². The van der Waals surface area contributed by atoms with Gasteiger partial charge in [-0.2, -0.15) is 0 Å². The fraction of sp³-hybridized carbons (Fsp3) is 0.125. The van der Waals surface area contributed by atoms with Gasteiger partial charge < -0.3 is 10.4 Å². The van der Waals surface area contributed by atoms with Crippen LogP contribution in [0.5, 0.6) is 5.88 Å². The molecule has 0 aliphatic rings. The average Bonchev–Trinajstić information content (AvgIpc) is 2.89. The van der Waals surface area contributed by atoms with Crippen LogP contribution in [0.2, 0.25) is 0 Å². The van der Waals surface area contributed by atoms with E-state index in [1.54, 1.807) is 6.07 Å². The lowest BCUT2D eigenvalue weighted by Gasteiger charge is -2.15. The molecule has 0 bridgehead atoms. The van der Waals surface area contributed by atoms with Crippen molar-refractivity contribution in [2.24, 2.45) is 7.05 Å². The van der Waals surface area contributed by atoms with Crippen LogP contribution in [-0.2, 0) is 7.05 Å². The largest absolute Gasteiger partial charge is 0.492 e. The third-order valence-electron chi connectivity index (χ3n) is 3.66. The Labute approximate surface area is 164 Å². The number of aromatic nitrogens is 3. The number of benzene rings is 2. The molecule has 130 valence electrons. The molecule has 5 nitrogen and oxygen atoms in total. The number of nitrogens with one attached hydrogen (secondary N) is 1. The lowest BCUT2D eigenvalue weighted by molar-refractivity contribution is 0.420. The molecule has 1 heterocycles. The molecule has 0 unspecified atom stereocenters. The van der Waals surface area contributed by atoms with Gasteiger partial charge in [0.1, 0.15) is 0 Å². The van der Waals surface area contributed by atoms with Gasteiger partial charge in [-0.25, -0.2) is 13.5 Å². The highest BCUT2D eigenvalue weighted by Crippen LogP contribution is 2.40. The maximum atomic E-state index is 14.6. The van der Waals surface area contributed by atoms with Gasteiger partial charge in [-0.05, 0) is 75.3 Å². The molecule has 3 rings (SSSR count). The molecule has 0 aliphatic carbocycles. The second kappa shape index (κ2) is 6.87. The van der Waals surface area contributed by atoms with E-state index >= 15 is 0 Å². The maximum Gasteiger partial charge on any atom is 0.238 e. The first-order chi connectivity index (χ1) is 11.8. The van der Waals surface area contributed by atoms with Crippen molar-refractivity contribution in [2.75, 3.05) is 5.32 Å². The summed E-state index contributed by atoms with van der Waals surface area (Å²) in [5.74, 6) is -2.36. The molecule has 0 atom stereocenters. The van der Waals surface area contributed by atoms with E-state index < -0.39 is 11.6 Å². The van der Waals surface area contributed by atoms with Crippen molar-refractivity contribution in [1.82, 2.24) is 15.0 Å². The monoisotopic (exact) mass is 520 g/mol. The van der Waals surface area contributed by atoms with Gasteiger partial charge in [-0.1, -0.05) is 5.21 Å². The molecule has 3 aromatic rings. The molecule has 25 heavy (non-hydrogen) atoms. The molecule has 9 heteroatoms. The summed E-state index contributed by atoms with van der Waals surface area (Å²) in [6.07, 6.45) is 0. The Morgan fingerprint density at radius 1 is 1.24 bits per heavy atom. The molecule has 0 saturated carbocycles. The second-order valence-electron chi connectivity index (χ2n) is 5.38. The lowest BCUT2D eigenvalue weighted by atomic mass is 10.1. The number of hydrogen-bond donors (Lipinski definition) is 2. The van der Waals surface area contributed by atoms with Gasteiger partial charge in [0, 0.05) is 21.9 Å². The number of nitrogens with zero attached hydrogens (tertiary/aromatic N) is 3. The van der Waals surface area contributed by atoms with Crippen LogP contribution >= 0.6 is 38.5 Å². The Morgan fingerprint density at radius 3 is 2.56 bits per heavy atom. The number of aromatic hydroxyl groups is 1. The first-order valence-electron chi connectivity index (χ1n) is 7.09. The fourth-order valence-corrected chi connectivity index (χ4v) is 3.38. The van der Waals surface area contributed by atoms with E-state index in [9.17, 15) is 13.9 Å². The molecular weight excluding hydrogens is 509 g/mol. The van der Waals surface area contributed by atoms with Crippen LogP contribution in [0.3, 0.4) is 0 Å². The van der Waals surface area contributed by atoms with Crippen LogP contribution in [0.25, 0.3) is 11.3 Å². The Morgan fingerprint density at radius 2 is 1.96 bits per heavy atom. The second-order valence-corrected chi connectivity index (χ2v) is 7.48. The van der Waals surface area contributed by atoms with Crippen LogP contribution in [0.4, 0.5) is 20.2 Å². The number of aryl methyl sites for hydroxylation is 2. The third kappa shape index (κ3) is 3.34. The maximum absolute atomic E-state index is 14.6. The van der Waals surface area contributed by atoms with E-state index in [1.807, 2.05) is 19.1 Å². The van der Waals surface area contributed by atoms with Crippen molar-refractivity contribution < 1.29 is 13.9 Å². The molecule has 0 amide bonds. The van der Waals surface area contributed by atoms with Crippen molar-refractivity contribution in [3.8, 4) is 17.1 Å². The number of anilines is 2. The highest BCUT2D eigenvalue weighted by molar-refractivity contribution is 14.1. The van der Waals surface area contributed by atoms with Crippen molar-refractivity contribution in [3.05, 3.63) is 49.5 Å². The smallest absolute Gasteiger partial charge is 0.238 e. The van der Waals surface area contributed by atoms with Gasteiger partial charge >= 0.3 is 0 Å². The Kier molecular flexibility index (Phi) is 4.96. The number of hydrogen-bond acceptors (Lipinski definition) is 4. The third-order valence-corrected chi connectivity index (χ3v) is 4.91. The van der Waals surface area contributed by atoms with Gasteiger partial charge in [0.05, 0.1) is 10.2 Å². The van der Waals surface area contributed by atoms with Gasteiger partial charge in [0.15, 0.2) is 17.3 Å². The number of rotatable bonds is 3. The summed E-state index contributed by atoms with van der Waals surface area (Å²) in [6.45, 7) is 1.86. The van der Waals surface area contributed by atoms with E-state index in [2.05, 4.69) is 54.1 Å². The van der Waals surface area contributed by atoms with E-state index in [1.165, 1.54) is 13.1 Å². The summed E-state index contributed by atoms with van der Waals surface area (Å²) in [7, 11) is 1.50. The molecule has 1 aromatic heterocycles. The van der Waals surface area contributed by atoms with Crippen LogP contribution in [0, 0.1) is 22.1 Å². The van der Waals surface area contributed by atoms with Gasteiger partial charge in [-0.3, -0.25) is 0 Å². The minimum Gasteiger partial charge on any atom is -0.492 e. The summed E-state index contributed by atoms with van der Waals surface area (Å²) >= 11 is 5.16. The lowest BCUT2D eigenvalue weighted by Crippen LogP contribution is -2.02. The zero-order valence-electron chi connectivity index (χ0n) is 13.1. The highest BCUT2D eigenvalue weighted by atomic mass is 127. The van der Waals surface area contributed by atoms with Crippen molar-refractivity contribution >= 4 is 49.9 Å². The summed E-state index contributed by atoms with van der Waals surface area (Å²) < 4.78 is 30.8.